The summed E-state index contributed by atoms with van der Waals surface area (Å²) in [6.45, 7) is 5.45. The molecule has 1 aromatic heterocycles. The molecular formula is C16H20ClN3O. The normalized spacial score (nSPS) is 11.1. The molecule has 0 fully saturated rings. The molecule has 2 aromatic rings. The van der Waals surface area contributed by atoms with Crippen LogP contribution in [0.25, 0.3) is 0 Å². The minimum Gasteiger partial charge on any atom is -0.308 e. The van der Waals surface area contributed by atoms with Gasteiger partial charge in [0.2, 0.25) is 5.78 Å². The highest BCUT2D eigenvalue weighted by atomic mass is 35.5. The lowest BCUT2D eigenvalue weighted by Crippen LogP contribution is -2.21. The van der Waals surface area contributed by atoms with Gasteiger partial charge in [0.25, 0.3) is 0 Å². The van der Waals surface area contributed by atoms with E-state index in [9.17, 15) is 4.79 Å². The van der Waals surface area contributed by atoms with Crippen LogP contribution in [-0.4, -0.2) is 41.1 Å². The first-order valence-electron chi connectivity index (χ1n) is 6.88. The molecule has 112 valence electrons. The molecule has 2 rings (SSSR count). The second-order valence-corrected chi connectivity index (χ2v) is 5.90. The van der Waals surface area contributed by atoms with Crippen molar-refractivity contribution in [3.8, 4) is 0 Å². The first-order valence-corrected chi connectivity index (χ1v) is 7.26. The minimum absolute atomic E-state index is 0.0839. The molecule has 0 N–H and O–H groups in total. The molecule has 0 bridgehead atoms. The van der Waals surface area contributed by atoms with Crippen molar-refractivity contribution in [2.75, 3.05) is 20.6 Å². The summed E-state index contributed by atoms with van der Waals surface area (Å²) in [5, 5.41) is 4.61. The molecule has 0 aliphatic heterocycles. The van der Waals surface area contributed by atoms with Crippen LogP contribution in [0.3, 0.4) is 0 Å². The molecule has 1 heterocycles. The van der Waals surface area contributed by atoms with Crippen molar-refractivity contribution in [3.05, 3.63) is 51.8 Å². The molecule has 5 heteroatoms. The standard InChI is InChI=1S/C16H20ClN3O/c1-11-5-6-13(9-12(11)2)16(21)15-14(17)10-18-20(15)8-7-19(3)4/h5-6,9-10H,7-8H2,1-4H3. The van der Waals surface area contributed by atoms with E-state index in [0.29, 0.717) is 22.8 Å². The van der Waals surface area contributed by atoms with Crippen molar-refractivity contribution in [3.63, 3.8) is 0 Å². The number of nitrogens with zero attached hydrogens (tertiary/aromatic N) is 3. The lowest BCUT2D eigenvalue weighted by Gasteiger charge is -2.12. The summed E-state index contributed by atoms with van der Waals surface area (Å²) in [4.78, 5) is 14.7. The molecule has 1 aromatic carbocycles. The number of ketones is 1. The molecule has 0 amide bonds. The summed E-state index contributed by atoms with van der Waals surface area (Å²) in [7, 11) is 3.96. The zero-order chi connectivity index (χ0) is 15.6. The Morgan fingerprint density at radius 1 is 1.29 bits per heavy atom. The van der Waals surface area contributed by atoms with Crippen molar-refractivity contribution in [1.82, 2.24) is 14.7 Å². The van der Waals surface area contributed by atoms with Gasteiger partial charge in [0.15, 0.2) is 0 Å². The Morgan fingerprint density at radius 2 is 2.00 bits per heavy atom. The molecule has 4 nitrogen and oxygen atoms in total. The van der Waals surface area contributed by atoms with Gasteiger partial charge in [0.1, 0.15) is 5.69 Å². The summed E-state index contributed by atoms with van der Waals surface area (Å²) < 4.78 is 1.68. The Morgan fingerprint density at radius 3 is 2.62 bits per heavy atom. The van der Waals surface area contributed by atoms with E-state index in [-0.39, 0.29) is 5.78 Å². The smallest absolute Gasteiger partial charge is 0.212 e. The lowest BCUT2D eigenvalue weighted by molar-refractivity contribution is 0.102. The van der Waals surface area contributed by atoms with Crippen LogP contribution in [0.15, 0.2) is 24.4 Å². The van der Waals surface area contributed by atoms with Crippen LogP contribution >= 0.6 is 11.6 Å². The summed E-state index contributed by atoms with van der Waals surface area (Å²) in [6.07, 6.45) is 1.53. The highest BCUT2D eigenvalue weighted by Crippen LogP contribution is 2.20. The number of hydrogen-bond acceptors (Lipinski definition) is 3. The van der Waals surface area contributed by atoms with Crippen LogP contribution in [0.5, 0.6) is 0 Å². The number of benzene rings is 1. The third-order valence-electron chi connectivity index (χ3n) is 3.54. The Balaban J connectivity index is 2.34. The van der Waals surface area contributed by atoms with Crippen molar-refractivity contribution in [2.24, 2.45) is 0 Å². The van der Waals surface area contributed by atoms with E-state index in [1.54, 1.807) is 4.68 Å². The Hall–Kier alpha value is -1.65. The largest absolute Gasteiger partial charge is 0.308 e. The number of carbonyl (C=O) groups excluding carboxylic acids is 1. The molecule has 0 spiro atoms. The maximum atomic E-state index is 12.7. The molecule has 0 saturated carbocycles. The van der Waals surface area contributed by atoms with Crippen molar-refractivity contribution in [2.45, 2.75) is 20.4 Å². The van der Waals surface area contributed by atoms with E-state index in [2.05, 4.69) is 5.10 Å². The lowest BCUT2D eigenvalue weighted by atomic mass is 10.0. The van der Waals surface area contributed by atoms with E-state index in [1.165, 1.54) is 11.8 Å². The Kier molecular flexibility index (Phi) is 4.80. The Labute approximate surface area is 130 Å². The van der Waals surface area contributed by atoms with Crippen molar-refractivity contribution in [1.29, 1.82) is 0 Å². The fourth-order valence-corrected chi connectivity index (χ4v) is 2.30. The van der Waals surface area contributed by atoms with Crippen molar-refractivity contribution >= 4 is 17.4 Å². The van der Waals surface area contributed by atoms with Gasteiger partial charge in [-0.15, -0.1) is 0 Å². The summed E-state index contributed by atoms with van der Waals surface area (Å²) in [5.74, 6) is -0.0839. The number of carbonyl (C=O) groups is 1. The summed E-state index contributed by atoms with van der Waals surface area (Å²) in [5.41, 5.74) is 3.36. The maximum absolute atomic E-state index is 12.7. The third kappa shape index (κ3) is 3.52. The molecule has 0 aliphatic rings. The number of aromatic nitrogens is 2. The number of aryl methyl sites for hydroxylation is 2. The van der Waals surface area contributed by atoms with E-state index in [4.69, 9.17) is 11.6 Å². The van der Waals surface area contributed by atoms with Gasteiger partial charge in [-0.1, -0.05) is 23.7 Å². The molecule has 0 saturated heterocycles. The quantitative estimate of drug-likeness (QED) is 0.797. The molecule has 0 radical (unpaired) electrons. The van der Waals surface area contributed by atoms with Gasteiger partial charge in [-0.2, -0.15) is 5.10 Å². The van der Waals surface area contributed by atoms with E-state index in [1.807, 2.05) is 51.0 Å². The second-order valence-electron chi connectivity index (χ2n) is 5.50. The number of likely N-dealkylation sites (N-methyl/N-ethyl adjacent to an activating group) is 1. The van der Waals surface area contributed by atoms with E-state index >= 15 is 0 Å². The molecule has 0 atom stereocenters. The van der Waals surface area contributed by atoms with Crippen LogP contribution in [0.2, 0.25) is 5.02 Å². The molecule has 0 aliphatic carbocycles. The maximum Gasteiger partial charge on any atom is 0.212 e. The molecule has 21 heavy (non-hydrogen) atoms. The average molecular weight is 306 g/mol. The zero-order valence-corrected chi connectivity index (χ0v) is 13.6. The average Bonchev–Trinajstić information content (AvgIpc) is 2.80. The van der Waals surface area contributed by atoms with Gasteiger partial charge in [-0.05, 0) is 45.1 Å². The molecule has 0 unspecified atom stereocenters. The van der Waals surface area contributed by atoms with Gasteiger partial charge >= 0.3 is 0 Å². The molecular weight excluding hydrogens is 286 g/mol. The highest BCUT2D eigenvalue weighted by molar-refractivity contribution is 6.34. The van der Waals surface area contributed by atoms with Crippen LogP contribution in [0.1, 0.15) is 27.2 Å². The summed E-state index contributed by atoms with van der Waals surface area (Å²) in [6, 6.07) is 5.69. The Bertz CT molecular complexity index is 662. The van der Waals surface area contributed by atoms with Crippen LogP contribution in [0.4, 0.5) is 0 Å². The van der Waals surface area contributed by atoms with Gasteiger partial charge in [0, 0.05) is 12.1 Å². The van der Waals surface area contributed by atoms with E-state index in [0.717, 1.165) is 12.1 Å². The first-order chi connectivity index (χ1) is 9.90. The second kappa shape index (κ2) is 6.41. The van der Waals surface area contributed by atoms with Crippen LogP contribution in [0, 0.1) is 13.8 Å². The fourth-order valence-electron chi connectivity index (χ4n) is 2.07. The van der Waals surface area contributed by atoms with Crippen LogP contribution in [-0.2, 0) is 6.54 Å². The predicted octanol–water partition coefficient (Wildman–Crippen LogP) is 2.95. The monoisotopic (exact) mass is 305 g/mol. The predicted molar refractivity (Wildman–Crippen MR) is 85.1 cm³/mol. The minimum atomic E-state index is -0.0839. The number of hydrogen-bond donors (Lipinski definition) is 0. The number of rotatable bonds is 5. The van der Waals surface area contributed by atoms with Gasteiger partial charge in [0.05, 0.1) is 17.8 Å². The first kappa shape index (κ1) is 15.7. The van der Waals surface area contributed by atoms with E-state index < -0.39 is 0 Å². The van der Waals surface area contributed by atoms with Gasteiger partial charge in [-0.25, -0.2) is 0 Å². The van der Waals surface area contributed by atoms with Crippen molar-refractivity contribution < 1.29 is 4.79 Å². The third-order valence-corrected chi connectivity index (χ3v) is 3.81. The van der Waals surface area contributed by atoms with Gasteiger partial charge < -0.3 is 4.90 Å². The summed E-state index contributed by atoms with van der Waals surface area (Å²) >= 11 is 6.16. The topological polar surface area (TPSA) is 38.1 Å². The van der Waals surface area contributed by atoms with Gasteiger partial charge in [-0.3, -0.25) is 9.48 Å². The van der Waals surface area contributed by atoms with Crippen LogP contribution < -0.4 is 0 Å². The number of halogens is 1. The highest BCUT2D eigenvalue weighted by Gasteiger charge is 2.19. The SMILES string of the molecule is Cc1ccc(C(=O)c2c(Cl)cnn2CCN(C)C)cc1C. The fraction of sp³-hybridized carbons (Fsp3) is 0.375. The zero-order valence-electron chi connectivity index (χ0n) is 12.9.